The van der Waals surface area contributed by atoms with Crippen LogP contribution in [-0.2, 0) is 6.54 Å². The number of nitrogen functional groups attached to an aromatic ring is 1. The molecule has 0 radical (unpaired) electrons. The van der Waals surface area contributed by atoms with E-state index in [1.54, 1.807) is 12.4 Å². The second kappa shape index (κ2) is 5.27. The minimum absolute atomic E-state index is 0.595. The number of hydrogen-bond acceptors (Lipinski definition) is 3. The number of hydrogen-bond donors (Lipinski definition) is 1. The van der Waals surface area contributed by atoms with Gasteiger partial charge in [-0.05, 0) is 42.3 Å². The van der Waals surface area contributed by atoms with Crippen molar-refractivity contribution < 1.29 is 0 Å². The number of nitrogens with two attached hydrogens (primary N) is 1. The highest BCUT2D eigenvalue weighted by Crippen LogP contribution is 2.29. The van der Waals surface area contributed by atoms with Gasteiger partial charge in [-0.2, -0.15) is 0 Å². The lowest BCUT2D eigenvalue weighted by Crippen LogP contribution is -2.17. The van der Waals surface area contributed by atoms with Crippen molar-refractivity contribution >= 4 is 23.0 Å². The largest absolute Gasteiger partial charge is 0.398 e. The molecule has 0 amide bonds. The molecule has 0 aliphatic carbocycles. The molecule has 0 fully saturated rings. The van der Waals surface area contributed by atoms with Crippen LogP contribution < -0.4 is 10.6 Å². The topological polar surface area (TPSA) is 42.1 Å². The first-order valence-electron chi connectivity index (χ1n) is 5.73. The van der Waals surface area contributed by atoms with Crippen molar-refractivity contribution in [3.05, 3.63) is 52.8 Å². The van der Waals surface area contributed by atoms with Crippen molar-refractivity contribution in [3.8, 4) is 0 Å². The van der Waals surface area contributed by atoms with Crippen LogP contribution in [0.4, 0.5) is 11.4 Å². The van der Waals surface area contributed by atoms with Crippen LogP contribution in [-0.4, -0.2) is 12.0 Å². The summed E-state index contributed by atoms with van der Waals surface area (Å²) in [4.78, 5) is 6.16. The highest BCUT2D eigenvalue weighted by molar-refractivity contribution is 6.33. The molecule has 0 bridgehead atoms. The number of aromatic nitrogens is 1. The van der Waals surface area contributed by atoms with Gasteiger partial charge in [-0.3, -0.25) is 4.98 Å². The molecule has 1 aromatic heterocycles. The average Bonchev–Trinajstić information content (AvgIpc) is 2.35. The first kappa shape index (κ1) is 12.7. The summed E-state index contributed by atoms with van der Waals surface area (Å²) < 4.78 is 0. The van der Waals surface area contributed by atoms with Crippen LogP contribution in [0.15, 0.2) is 36.7 Å². The molecule has 0 atom stereocenters. The minimum Gasteiger partial charge on any atom is -0.398 e. The van der Waals surface area contributed by atoms with Gasteiger partial charge in [0.05, 0.1) is 10.7 Å². The number of rotatable bonds is 3. The highest BCUT2D eigenvalue weighted by atomic mass is 35.5. The van der Waals surface area contributed by atoms with E-state index in [4.69, 9.17) is 17.3 Å². The number of aryl methyl sites for hydroxylation is 1. The SMILES string of the molecule is Cc1cc(N)c(Cl)cc1N(C)Cc1ccncc1. The van der Waals surface area contributed by atoms with Gasteiger partial charge in [0.2, 0.25) is 0 Å². The van der Waals surface area contributed by atoms with Crippen molar-refractivity contribution in [1.82, 2.24) is 4.98 Å². The van der Waals surface area contributed by atoms with Crippen molar-refractivity contribution in [3.63, 3.8) is 0 Å². The minimum atomic E-state index is 0.595. The first-order valence-corrected chi connectivity index (χ1v) is 6.11. The van der Waals surface area contributed by atoms with Gasteiger partial charge in [0.25, 0.3) is 0 Å². The van der Waals surface area contributed by atoms with Crippen LogP contribution in [0, 0.1) is 6.92 Å². The zero-order valence-corrected chi connectivity index (χ0v) is 11.3. The standard InChI is InChI=1S/C14H16ClN3/c1-10-7-13(16)12(15)8-14(10)18(2)9-11-3-5-17-6-4-11/h3-8H,9,16H2,1-2H3. The molecule has 1 aromatic carbocycles. The van der Waals surface area contributed by atoms with E-state index in [9.17, 15) is 0 Å². The van der Waals surface area contributed by atoms with Gasteiger partial charge in [0, 0.05) is 31.7 Å². The summed E-state index contributed by atoms with van der Waals surface area (Å²) in [5, 5.41) is 0.595. The average molecular weight is 262 g/mol. The molecule has 1 heterocycles. The van der Waals surface area contributed by atoms with Crippen LogP contribution in [0.2, 0.25) is 5.02 Å². The Bertz CT molecular complexity index is 540. The lowest BCUT2D eigenvalue weighted by molar-refractivity contribution is 0.914. The van der Waals surface area contributed by atoms with Gasteiger partial charge in [-0.1, -0.05) is 11.6 Å². The van der Waals surface area contributed by atoms with Gasteiger partial charge < -0.3 is 10.6 Å². The highest BCUT2D eigenvalue weighted by Gasteiger charge is 2.08. The third-order valence-corrected chi connectivity index (χ3v) is 3.22. The molecule has 0 aliphatic heterocycles. The van der Waals surface area contributed by atoms with Crippen LogP contribution in [0.1, 0.15) is 11.1 Å². The van der Waals surface area contributed by atoms with E-state index in [0.717, 1.165) is 17.8 Å². The van der Waals surface area contributed by atoms with Crippen LogP contribution in [0.5, 0.6) is 0 Å². The van der Waals surface area contributed by atoms with Gasteiger partial charge >= 0.3 is 0 Å². The number of pyridine rings is 1. The Kier molecular flexibility index (Phi) is 3.72. The molecule has 2 aromatic rings. The smallest absolute Gasteiger partial charge is 0.0656 e. The van der Waals surface area contributed by atoms with Crippen LogP contribution in [0.25, 0.3) is 0 Å². The predicted octanol–water partition coefficient (Wildman–Crippen LogP) is 3.26. The van der Waals surface area contributed by atoms with Crippen molar-refractivity contribution in [1.29, 1.82) is 0 Å². The molecule has 2 N–H and O–H groups in total. The fourth-order valence-corrected chi connectivity index (χ4v) is 2.11. The Hall–Kier alpha value is -1.74. The van der Waals surface area contributed by atoms with Crippen molar-refractivity contribution in [2.75, 3.05) is 17.7 Å². The number of nitrogens with zero attached hydrogens (tertiary/aromatic N) is 2. The summed E-state index contributed by atoms with van der Waals surface area (Å²) >= 11 is 6.07. The van der Waals surface area contributed by atoms with Gasteiger partial charge in [-0.25, -0.2) is 0 Å². The molecule has 94 valence electrons. The van der Waals surface area contributed by atoms with Crippen LogP contribution in [0.3, 0.4) is 0 Å². The van der Waals surface area contributed by atoms with Gasteiger partial charge in [-0.15, -0.1) is 0 Å². The summed E-state index contributed by atoms with van der Waals surface area (Å²) in [6, 6.07) is 7.82. The predicted molar refractivity (Wildman–Crippen MR) is 76.9 cm³/mol. The molecule has 2 rings (SSSR count). The molecule has 3 nitrogen and oxygen atoms in total. The lowest BCUT2D eigenvalue weighted by Gasteiger charge is -2.22. The summed E-state index contributed by atoms with van der Waals surface area (Å²) in [6.45, 7) is 2.84. The number of halogens is 1. The van der Waals surface area contributed by atoms with Crippen molar-refractivity contribution in [2.24, 2.45) is 0 Å². The van der Waals surface area contributed by atoms with E-state index in [1.807, 2.05) is 38.2 Å². The molecule has 0 aliphatic rings. The fourth-order valence-electron chi connectivity index (χ4n) is 1.95. The zero-order chi connectivity index (χ0) is 13.1. The Balaban J connectivity index is 2.24. The van der Waals surface area contributed by atoms with Crippen molar-refractivity contribution in [2.45, 2.75) is 13.5 Å². The molecule has 0 unspecified atom stereocenters. The summed E-state index contributed by atoms with van der Waals surface area (Å²) in [6.07, 6.45) is 3.60. The second-order valence-electron chi connectivity index (χ2n) is 4.37. The molecular weight excluding hydrogens is 246 g/mol. The number of benzene rings is 1. The van der Waals surface area contributed by atoms with E-state index in [2.05, 4.69) is 9.88 Å². The van der Waals surface area contributed by atoms with E-state index in [1.165, 1.54) is 5.56 Å². The quantitative estimate of drug-likeness (QED) is 0.863. The second-order valence-corrected chi connectivity index (χ2v) is 4.78. The molecule has 18 heavy (non-hydrogen) atoms. The van der Waals surface area contributed by atoms with Gasteiger partial charge in [0.15, 0.2) is 0 Å². The zero-order valence-electron chi connectivity index (χ0n) is 10.5. The maximum Gasteiger partial charge on any atom is 0.0656 e. The Morgan fingerprint density at radius 2 is 1.94 bits per heavy atom. The molecular formula is C14H16ClN3. The maximum atomic E-state index is 6.07. The van der Waals surface area contributed by atoms with Crippen LogP contribution >= 0.6 is 11.6 Å². The Labute approximate surface area is 112 Å². The fraction of sp³-hybridized carbons (Fsp3) is 0.214. The Morgan fingerprint density at radius 3 is 2.61 bits per heavy atom. The first-order chi connectivity index (χ1) is 8.58. The molecule has 0 saturated carbocycles. The molecule has 0 saturated heterocycles. The Morgan fingerprint density at radius 1 is 1.28 bits per heavy atom. The molecule has 4 heteroatoms. The van der Waals surface area contributed by atoms with Gasteiger partial charge in [0.1, 0.15) is 0 Å². The van der Waals surface area contributed by atoms with E-state index >= 15 is 0 Å². The normalized spacial score (nSPS) is 10.4. The summed E-state index contributed by atoms with van der Waals surface area (Å²) in [5.74, 6) is 0. The molecule has 0 spiro atoms. The van der Waals surface area contributed by atoms with E-state index in [-0.39, 0.29) is 0 Å². The monoisotopic (exact) mass is 261 g/mol. The third-order valence-electron chi connectivity index (χ3n) is 2.90. The van der Waals surface area contributed by atoms with E-state index in [0.29, 0.717) is 10.7 Å². The maximum absolute atomic E-state index is 6.07. The summed E-state index contributed by atoms with van der Waals surface area (Å²) in [5.41, 5.74) is 9.82. The summed E-state index contributed by atoms with van der Waals surface area (Å²) in [7, 11) is 2.04. The number of anilines is 2. The van der Waals surface area contributed by atoms with E-state index < -0.39 is 0 Å². The lowest BCUT2D eigenvalue weighted by atomic mass is 10.1. The third kappa shape index (κ3) is 2.74.